The van der Waals surface area contributed by atoms with E-state index in [9.17, 15) is 22.8 Å². The smallest absolute Gasteiger partial charge is 0.400 e. The minimum atomic E-state index is -4.43. The molecule has 41 heavy (non-hydrogen) atoms. The van der Waals surface area contributed by atoms with Gasteiger partial charge in [0.2, 0.25) is 0 Å². The van der Waals surface area contributed by atoms with Crippen LogP contribution in [-0.2, 0) is 17.5 Å². The number of likely N-dealkylation sites (tertiary alicyclic amines) is 2. The van der Waals surface area contributed by atoms with Crippen LogP contribution in [0.5, 0.6) is 0 Å². The third-order valence-corrected chi connectivity index (χ3v) is 8.89. The second-order valence-electron chi connectivity index (χ2n) is 10.8. The van der Waals surface area contributed by atoms with E-state index in [2.05, 4.69) is 14.7 Å². The summed E-state index contributed by atoms with van der Waals surface area (Å²) >= 11 is 1.41. The number of hydrogen-bond donors (Lipinski definition) is 2. The molecular formula is C28H39F3N6O3S. The Kier molecular flexibility index (Phi) is 10.2. The molecule has 3 fully saturated rings. The van der Waals surface area contributed by atoms with Crippen LogP contribution in [0.15, 0.2) is 30.5 Å². The van der Waals surface area contributed by atoms with Crippen molar-refractivity contribution >= 4 is 35.8 Å². The summed E-state index contributed by atoms with van der Waals surface area (Å²) in [6.07, 6.45) is 4.90. The summed E-state index contributed by atoms with van der Waals surface area (Å²) in [5.74, 6) is 0.607. The van der Waals surface area contributed by atoms with E-state index in [-0.39, 0.29) is 17.5 Å². The number of hydrogen-bond acceptors (Lipinski definition) is 8. The van der Waals surface area contributed by atoms with Crippen molar-refractivity contribution in [2.45, 2.75) is 56.8 Å². The number of alkyl halides is 3. The van der Waals surface area contributed by atoms with E-state index in [1.165, 1.54) is 28.8 Å². The highest BCUT2D eigenvalue weighted by Crippen LogP contribution is 2.41. The first kappa shape index (κ1) is 31.2. The van der Waals surface area contributed by atoms with Crippen LogP contribution >= 0.6 is 11.9 Å². The maximum absolute atomic E-state index is 13.9. The summed E-state index contributed by atoms with van der Waals surface area (Å²) in [6, 6.07) is 6.00. The fraction of sp³-hybridized carbons (Fsp3) is 0.607. The highest BCUT2D eigenvalue weighted by molar-refractivity contribution is 7.99. The third-order valence-electron chi connectivity index (χ3n) is 8.47. The first-order valence-electron chi connectivity index (χ1n) is 14.0. The molecule has 9 nitrogen and oxygen atoms in total. The van der Waals surface area contributed by atoms with E-state index in [1.807, 2.05) is 22.1 Å². The van der Waals surface area contributed by atoms with Crippen LogP contribution in [0.3, 0.4) is 0 Å². The van der Waals surface area contributed by atoms with Crippen molar-refractivity contribution in [2.24, 2.45) is 5.92 Å². The van der Waals surface area contributed by atoms with E-state index in [4.69, 9.17) is 5.11 Å². The maximum atomic E-state index is 13.9. The number of rotatable bonds is 6. The number of aromatic nitrogens is 2. The van der Waals surface area contributed by atoms with Crippen LogP contribution in [0.1, 0.15) is 49.7 Å². The fourth-order valence-corrected chi connectivity index (χ4v) is 6.60. The van der Waals surface area contributed by atoms with Crippen molar-refractivity contribution < 1.29 is 27.9 Å². The van der Waals surface area contributed by atoms with Gasteiger partial charge >= 0.3 is 12.2 Å². The lowest BCUT2D eigenvalue weighted by atomic mass is 9.84. The first-order valence-corrected chi connectivity index (χ1v) is 15.2. The van der Waals surface area contributed by atoms with Gasteiger partial charge in [-0.15, -0.1) is 5.10 Å². The Morgan fingerprint density at radius 1 is 1.12 bits per heavy atom. The zero-order chi connectivity index (χ0) is 29.6. The molecule has 1 aromatic heterocycles. The zero-order valence-electron chi connectivity index (χ0n) is 23.6. The van der Waals surface area contributed by atoms with E-state index in [1.54, 1.807) is 12.3 Å². The zero-order valence-corrected chi connectivity index (χ0v) is 24.4. The lowest BCUT2D eigenvalue weighted by Gasteiger charge is -2.45. The summed E-state index contributed by atoms with van der Waals surface area (Å²) in [7, 11) is 1.00. The molecule has 0 bridgehead atoms. The van der Waals surface area contributed by atoms with E-state index < -0.39 is 11.7 Å². The molecule has 3 aliphatic rings. The number of aliphatic hydroxyl groups excluding tert-OH is 1. The number of benzene rings is 1. The summed E-state index contributed by atoms with van der Waals surface area (Å²) < 4.78 is 46.0. The highest BCUT2D eigenvalue weighted by atomic mass is 32.2. The molecule has 0 aliphatic carbocycles. The topological polar surface area (TPSA) is 93.9 Å². The van der Waals surface area contributed by atoms with Gasteiger partial charge in [-0.3, -0.25) is 4.90 Å². The van der Waals surface area contributed by atoms with Crippen LogP contribution in [0.2, 0.25) is 0 Å². The average molecular weight is 597 g/mol. The van der Waals surface area contributed by atoms with Gasteiger partial charge in [-0.05, 0) is 68.8 Å². The summed E-state index contributed by atoms with van der Waals surface area (Å²) in [6.45, 7) is 3.59. The van der Waals surface area contributed by atoms with Crippen LogP contribution in [-0.4, -0.2) is 88.6 Å². The second kappa shape index (κ2) is 13.5. The molecule has 2 aromatic rings. The number of carbonyl (C=O) groups is 2. The van der Waals surface area contributed by atoms with E-state index in [0.717, 1.165) is 45.6 Å². The normalized spacial score (nSPS) is 19.7. The van der Waals surface area contributed by atoms with Crippen molar-refractivity contribution in [3.8, 4) is 0 Å². The third kappa shape index (κ3) is 7.18. The number of carbonyl (C=O) groups excluding carboxylic acids is 2. The van der Waals surface area contributed by atoms with Crippen molar-refractivity contribution in [3.63, 3.8) is 0 Å². The van der Waals surface area contributed by atoms with Gasteiger partial charge in [0, 0.05) is 75.5 Å². The number of amides is 1. The Morgan fingerprint density at radius 2 is 1.83 bits per heavy atom. The molecule has 4 heterocycles. The Morgan fingerprint density at radius 3 is 2.46 bits per heavy atom. The van der Waals surface area contributed by atoms with E-state index in [0.29, 0.717) is 62.6 Å². The van der Waals surface area contributed by atoms with Gasteiger partial charge in [0.05, 0.1) is 5.56 Å². The molecule has 0 unspecified atom stereocenters. The standard InChI is InChI=1S/C27H35F3N6O2S.CH4O/c1-39-32-24-5-12-36(31-24)25(38)34-13-7-26(8-14-34)6-2-9-35(26)18-21-15-22(27(28,29)30)17-23(16-21)33-10-3-20(19-37)4-11-33;1-2/h5,12,15-17,19-20H,2-4,6-11,13-14,18H2,1H3,(H,31,32);2H,1H3. The Balaban J connectivity index is 0.00000189. The average Bonchev–Trinajstić information content (AvgIpc) is 3.61. The number of piperidine rings is 2. The number of aliphatic hydroxyl groups is 1. The summed E-state index contributed by atoms with van der Waals surface area (Å²) in [4.78, 5) is 30.2. The molecule has 3 saturated heterocycles. The molecule has 0 atom stereocenters. The minimum absolute atomic E-state index is 0.0175. The molecule has 0 radical (unpaired) electrons. The largest absolute Gasteiger partial charge is 0.416 e. The maximum Gasteiger partial charge on any atom is 0.416 e. The molecule has 3 aliphatic heterocycles. The molecule has 1 spiro atoms. The van der Waals surface area contributed by atoms with Gasteiger partial charge in [0.1, 0.15) is 6.29 Å². The summed E-state index contributed by atoms with van der Waals surface area (Å²) in [5.41, 5.74) is 0.481. The lowest BCUT2D eigenvalue weighted by molar-refractivity contribution is -0.137. The van der Waals surface area contributed by atoms with Crippen molar-refractivity contribution in [1.29, 1.82) is 0 Å². The Bertz CT molecular complexity index is 1180. The van der Waals surface area contributed by atoms with Gasteiger partial charge in [0.25, 0.3) is 0 Å². The molecule has 0 saturated carbocycles. The second-order valence-corrected chi connectivity index (χ2v) is 11.4. The summed E-state index contributed by atoms with van der Waals surface area (Å²) in [5, 5.41) is 11.3. The molecule has 1 aromatic carbocycles. The predicted octanol–water partition coefficient (Wildman–Crippen LogP) is 4.71. The number of halogens is 3. The van der Waals surface area contributed by atoms with Crippen molar-refractivity contribution in [1.82, 2.24) is 19.6 Å². The van der Waals surface area contributed by atoms with Gasteiger partial charge in [-0.1, -0.05) is 11.9 Å². The molecule has 13 heteroatoms. The number of anilines is 2. The fourth-order valence-electron chi connectivity index (χ4n) is 6.28. The number of nitrogens with zero attached hydrogens (tertiary/aromatic N) is 5. The Hall–Kier alpha value is -2.77. The van der Waals surface area contributed by atoms with Crippen LogP contribution in [0.4, 0.5) is 29.5 Å². The number of aldehydes is 1. The van der Waals surface area contributed by atoms with E-state index >= 15 is 0 Å². The van der Waals surface area contributed by atoms with Gasteiger partial charge in [-0.25, -0.2) is 4.79 Å². The quantitative estimate of drug-likeness (QED) is 0.366. The highest BCUT2D eigenvalue weighted by Gasteiger charge is 2.44. The number of nitrogens with one attached hydrogen (secondary N) is 1. The molecular weight excluding hydrogens is 557 g/mol. The monoisotopic (exact) mass is 596 g/mol. The molecule has 1 amide bonds. The van der Waals surface area contributed by atoms with Gasteiger partial charge < -0.3 is 24.4 Å². The van der Waals surface area contributed by atoms with Gasteiger partial charge in [0.15, 0.2) is 5.82 Å². The first-order chi connectivity index (χ1) is 19.7. The predicted molar refractivity (Wildman–Crippen MR) is 154 cm³/mol. The lowest BCUT2D eigenvalue weighted by Crippen LogP contribution is -2.53. The van der Waals surface area contributed by atoms with Crippen LogP contribution in [0, 0.1) is 5.92 Å². The SMILES string of the molecule is CO.CSNc1ccn(C(=O)N2CCC3(CCCN3Cc3cc(N4CCC(C=O)CC4)cc(C(F)(F)F)c3)CC2)n1. The van der Waals surface area contributed by atoms with Crippen LogP contribution < -0.4 is 9.62 Å². The van der Waals surface area contributed by atoms with Gasteiger partial charge in [-0.2, -0.15) is 17.9 Å². The van der Waals surface area contributed by atoms with Crippen LogP contribution in [0.25, 0.3) is 0 Å². The van der Waals surface area contributed by atoms with Crippen molar-refractivity contribution in [2.75, 3.05) is 55.7 Å². The molecule has 2 N–H and O–H groups in total. The Labute approximate surface area is 243 Å². The van der Waals surface area contributed by atoms with Crippen molar-refractivity contribution in [3.05, 3.63) is 41.6 Å². The minimum Gasteiger partial charge on any atom is -0.400 e. The molecule has 5 rings (SSSR count). The molecule has 226 valence electrons.